The third-order valence-corrected chi connectivity index (χ3v) is 4.69. The summed E-state index contributed by atoms with van der Waals surface area (Å²) in [5, 5.41) is 57.5. The average molecular weight is 444 g/mol. The summed E-state index contributed by atoms with van der Waals surface area (Å²) >= 11 is 0. The number of phenols is 3. The van der Waals surface area contributed by atoms with Gasteiger partial charge in [0.05, 0.1) is 24.8 Å². The molecule has 0 bridgehead atoms. The molecule has 0 fully saturated rings. The van der Waals surface area contributed by atoms with Gasteiger partial charge in [0.15, 0.2) is 0 Å². The summed E-state index contributed by atoms with van der Waals surface area (Å²) in [6.07, 6.45) is -2.66. The summed E-state index contributed by atoms with van der Waals surface area (Å²) in [7, 11) is 0. The van der Waals surface area contributed by atoms with Crippen molar-refractivity contribution in [3.8, 4) is 28.6 Å². The van der Waals surface area contributed by atoms with Crippen LogP contribution in [0.4, 0.5) is 0 Å². The highest BCUT2D eigenvalue weighted by Crippen LogP contribution is 2.41. The van der Waals surface area contributed by atoms with Crippen LogP contribution in [0.15, 0.2) is 33.5 Å². The van der Waals surface area contributed by atoms with Crippen LogP contribution >= 0.6 is 0 Å². The Morgan fingerprint density at radius 1 is 0.719 bits per heavy atom. The lowest BCUT2D eigenvalue weighted by Gasteiger charge is -2.16. The maximum absolute atomic E-state index is 13.2. The topological polar surface area (TPSA) is 203 Å². The van der Waals surface area contributed by atoms with Crippen molar-refractivity contribution in [2.45, 2.75) is 19.3 Å². The van der Waals surface area contributed by atoms with Crippen LogP contribution in [0.25, 0.3) is 22.3 Å². The van der Waals surface area contributed by atoms with Crippen LogP contribution in [0.3, 0.4) is 0 Å². The highest BCUT2D eigenvalue weighted by atomic mass is 16.4. The number of hydrogen-bond acceptors (Lipinski definition) is 8. The van der Waals surface area contributed by atoms with Crippen LogP contribution in [0.5, 0.6) is 17.2 Å². The fourth-order valence-electron chi connectivity index (χ4n) is 3.34. The minimum atomic E-state index is -1.48. The molecule has 0 aliphatic rings. The lowest BCUT2D eigenvalue weighted by Crippen LogP contribution is -2.17. The Kier molecular flexibility index (Phi) is 5.75. The zero-order valence-corrected chi connectivity index (χ0v) is 16.2. The molecule has 0 spiro atoms. The first-order valence-corrected chi connectivity index (χ1v) is 9.01. The van der Waals surface area contributed by atoms with Crippen LogP contribution in [-0.4, -0.2) is 48.5 Å². The van der Waals surface area contributed by atoms with Crippen molar-refractivity contribution in [1.82, 2.24) is 0 Å². The average Bonchev–Trinajstić information content (AvgIpc) is 2.70. The van der Waals surface area contributed by atoms with Gasteiger partial charge in [-0.25, -0.2) is 0 Å². The molecule has 0 saturated heterocycles. The van der Waals surface area contributed by atoms with Gasteiger partial charge in [-0.3, -0.25) is 19.2 Å². The van der Waals surface area contributed by atoms with Gasteiger partial charge >= 0.3 is 17.9 Å². The van der Waals surface area contributed by atoms with Crippen molar-refractivity contribution in [3.63, 3.8) is 0 Å². The highest BCUT2D eigenvalue weighted by Gasteiger charge is 2.28. The summed E-state index contributed by atoms with van der Waals surface area (Å²) in [6.45, 7) is 0. The van der Waals surface area contributed by atoms with E-state index in [0.29, 0.717) is 0 Å². The third-order valence-electron chi connectivity index (χ3n) is 4.69. The predicted molar refractivity (Wildman–Crippen MR) is 107 cm³/mol. The number of aliphatic carboxylic acids is 3. The summed E-state index contributed by atoms with van der Waals surface area (Å²) in [4.78, 5) is 47.1. The molecule has 0 saturated carbocycles. The smallest absolute Gasteiger partial charge is 0.308 e. The van der Waals surface area contributed by atoms with E-state index in [4.69, 9.17) is 9.52 Å². The van der Waals surface area contributed by atoms with Gasteiger partial charge in [0.25, 0.3) is 0 Å². The number of rotatable bonds is 7. The lowest BCUT2D eigenvalue weighted by atomic mass is 9.95. The number of carboxylic acid groups (broad SMARTS) is 3. The van der Waals surface area contributed by atoms with Crippen molar-refractivity contribution in [3.05, 3.63) is 51.2 Å². The van der Waals surface area contributed by atoms with Gasteiger partial charge in [-0.2, -0.15) is 0 Å². The molecule has 166 valence electrons. The number of benzene rings is 2. The van der Waals surface area contributed by atoms with Gasteiger partial charge < -0.3 is 35.1 Å². The molecule has 0 amide bonds. The monoisotopic (exact) mass is 444 g/mol. The fourth-order valence-corrected chi connectivity index (χ4v) is 3.34. The van der Waals surface area contributed by atoms with E-state index in [-0.39, 0.29) is 17.1 Å². The molecule has 32 heavy (non-hydrogen) atoms. The molecule has 3 aromatic rings. The standard InChI is InChI=1S/C21H16O11/c22-9-3-1-8(2-4-9)20-12(7-15(27)28)19(31)16-18(30)10(5-13(23)24)17(29)11(6-14(25)26)21(16)32-20/h1-4,22,29-30H,5-7H2,(H,23,24)(H,25,26)(H,27,28). The molecule has 0 aliphatic heterocycles. The molecule has 1 aromatic heterocycles. The quantitative estimate of drug-likeness (QED) is 0.308. The van der Waals surface area contributed by atoms with E-state index in [2.05, 4.69) is 0 Å². The van der Waals surface area contributed by atoms with Gasteiger partial charge in [-0.1, -0.05) is 0 Å². The molecular weight excluding hydrogens is 428 g/mol. The Balaban J connectivity index is 2.52. The van der Waals surface area contributed by atoms with Gasteiger partial charge in [0.2, 0.25) is 5.43 Å². The van der Waals surface area contributed by atoms with Crippen LogP contribution in [0, 0.1) is 0 Å². The number of carboxylic acids is 3. The first-order valence-electron chi connectivity index (χ1n) is 9.01. The summed E-state index contributed by atoms with van der Waals surface area (Å²) in [6, 6.07) is 5.13. The summed E-state index contributed by atoms with van der Waals surface area (Å²) in [5.74, 6) is -6.56. The van der Waals surface area contributed by atoms with E-state index >= 15 is 0 Å². The summed E-state index contributed by atoms with van der Waals surface area (Å²) < 4.78 is 5.68. The molecule has 1 heterocycles. The molecule has 2 aromatic carbocycles. The second-order valence-electron chi connectivity index (χ2n) is 6.86. The third kappa shape index (κ3) is 4.03. The molecule has 0 radical (unpaired) electrons. The maximum Gasteiger partial charge on any atom is 0.308 e. The Morgan fingerprint density at radius 2 is 1.22 bits per heavy atom. The van der Waals surface area contributed by atoms with Crippen LogP contribution in [-0.2, 0) is 33.6 Å². The maximum atomic E-state index is 13.2. The number of hydrogen-bond donors (Lipinski definition) is 6. The van der Waals surface area contributed by atoms with E-state index in [1.165, 1.54) is 24.3 Å². The zero-order valence-electron chi connectivity index (χ0n) is 16.2. The SMILES string of the molecule is O=C(O)Cc1c(O)c(CC(=O)O)c2oc(-c3ccc(O)cc3)c(CC(=O)O)c(=O)c2c1O. The van der Waals surface area contributed by atoms with E-state index in [9.17, 15) is 44.7 Å². The molecule has 0 unspecified atom stereocenters. The predicted octanol–water partition coefficient (Wildman–Crippen LogP) is 1.46. The molecule has 11 nitrogen and oxygen atoms in total. The lowest BCUT2D eigenvalue weighted by molar-refractivity contribution is -0.137. The Bertz CT molecular complexity index is 1320. The second-order valence-corrected chi connectivity index (χ2v) is 6.86. The van der Waals surface area contributed by atoms with Crippen molar-refractivity contribution < 1.29 is 49.4 Å². The van der Waals surface area contributed by atoms with E-state index < -0.39 is 81.8 Å². The molecular formula is C21H16O11. The van der Waals surface area contributed by atoms with Crippen molar-refractivity contribution >= 4 is 28.9 Å². The number of phenolic OH excluding ortho intramolecular Hbond substituents is 3. The number of fused-ring (bicyclic) bond motifs is 1. The van der Waals surface area contributed by atoms with Crippen molar-refractivity contribution in [2.24, 2.45) is 0 Å². The Morgan fingerprint density at radius 3 is 1.75 bits per heavy atom. The minimum absolute atomic E-state index is 0.128. The number of carbonyl (C=O) groups is 3. The van der Waals surface area contributed by atoms with Gasteiger partial charge in [0.1, 0.15) is 34.0 Å². The molecule has 6 N–H and O–H groups in total. The van der Waals surface area contributed by atoms with Gasteiger partial charge in [0, 0.05) is 16.7 Å². The fraction of sp³-hybridized carbons (Fsp3) is 0.143. The Hall–Kier alpha value is -4.54. The largest absolute Gasteiger partial charge is 0.508 e. The summed E-state index contributed by atoms with van der Waals surface area (Å²) in [5.41, 5.74) is -2.87. The Labute approximate surface area is 178 Å². The first-order chi connectivity index (χ1) is 15.0. The molecule has 3 rings (SSSR count). The minimum Gasteiger partial charge on any atom is -0.508 e. The van der Waals surface area contributed by atoms with Gasteiger partial charge in [-0.05, 0) is 24.3 Å². The van der Waals surface area contributed by atoms with E-state index in [1.807, 2.05) is 0 Å². The normalized spacial score (nSPS) is 10.9. The zero-order chi connectivity index (χ0) is 23.7. The van der Waals surface area contributed by atoms with Crippen LogP contribution in [0.2, 0.25) is 0 Å². The molecule has 11 heteroatoms. The second kappa shape index (κ2) is 8.30. The van der Waals surface area contributed by atoms with Gasteiger partial charge in [-0.15, -0.1) is 0 Å². The van der Waals surface area contributed by atoms with Crippen LogP contribution in [0.1, 0.15) is 16.7 Å². The van der Waals surface area contributed by atoms with Crippen molar-refractivity contribution in [2.75, 3.05) is 0 Å². The van der Waals surface area contributed by atoms with Crippen molar-refractivity contribution in [1.29, 1.82) is 0 Å². The van der Waals surface area contributed by atoms with E-state index in [1.54, 1.807) is 0 Å². The molecule has 0 atom stereocenters. The first kappa shape index (κ1) is 22.2. The molecule has 0 aliphatic carbocycles. The number of aromatic hydroxyl groups is 3. The highest BCUT2D eigenvalue weighted by molar-refractivity contribution is 5.95. The van der Waals surface area contributed by atoms with E-state index in [0.717, 1.165) is 0 Å². The van der Waals surface area contributed by atoms with Crippen LogP contribution < -0.4 is 5.43 Å².